The molecule has 1 amide bonds. The Kier molecular flexibility index (Phi) is 4.33. The second-order valence-corrected chi connectivity index (χ2v) is 4.80. The predicted octanol–water partition coefficient (Wildman–Crippen LogP) is -0.272. The Morgan fingerprint density at radius 2 is 2.44 bits per heavy atom. The van der Waals surface area contributed by atoms with Crippen molar-refractivity contribution in [3.05, 3.63) is 18.2 Å². The first-order valence-electron chi connectivity index (χ1n) is 6.17. The molecule has 0 bridgehead atoms. The minimum Gasteiger partial charge on any atom is -0.380 e. The molecular weight excluding hydrogens is 232 g/mol. The largest absolute Gasteiger partial charge is 0.380 e. The molecule has 1 unspecified atom stereocenters. The monoisotopic (exact) mass is 252 g/mol. The predicted molar refractivity (Wildman–Crippen MR) is 67.3 cm³/mol. The van der Waals surface area contributed by atoms with Crippen LogP contribution in [0, 0.1) is 5.92 Å². The second kappa shape index (κ2) is 5.97. The van der Waals surface area contributed by atoms with Gasteiger partial charge in [-0.05, 0) is 7.05 Å². The maximum Gasteiger partial charge on any atom is 0.269 e. The molecule has 1 saturated heterocycles. The standard InChI is InChI=1S/C12H20N4O2/c1-15-3-4-18-8-10(7-15)5-14-12(17)11-6-13-9-16(11)2/h6,9-10H,3-5,7-8H2,1-2H3,(H,14,17). The molecule has 0 radical (unpaired) electrons. The quantitative estimate of drug-likeness (QED) is 0.804. The first-order valence-corrected chi connectivity index (χ1v) is 6.17. The molecule has 6 nitrogen and oxygen atoms in total. The van der Waals surface area contributed by atoms with Gasteiger partial charge in [0.15, 0.2) is 0 Å². The number of nitrogens with one attached hydrogen (secondary N) is 1. The number of aryl methyl sites for hydroxylation is 1. The summed E-state index contributed by atoms with van der Waals surface area (Å²) in [5.41, 5.74) is 0.581. The number of rotatable bonds is 3. The van der Waals surface area contributed by atoms with Crippen LogP contribution < -0.4 is 5.32 Å². The average molecular weight is 252 g/mol. The lowest BCUT2D eigenvalue weighted by atomic mass is 10.1. The molecule has 1 aromatic heterocycles. The summed E-state index contributed by atoms with van der Waals surface area (Å²) < 4.78 is 7.23. The van der Waals surface area contributed by atoms with Crippen LogP contribution in [0.2, 0.25) is 0 Å². The summed E-state index contributed by atoms with van der Waals surface area (Å²) in [7, 11) is 3.88. The van der Waals surface area contributed by atoms with Gasteiger partial charge in [-0.25, -0.2) is 4.98 Å². The molecule has 18 heavy (non-hydrogen) atoms. The van der Waals surface area contributed by atoms with Crippen molar-refractivity contribution in [1.82, 2.24) is 19.8 Å². The minimum absolute atomic E-state index is 0.0816. The van der Waals surface area contributed by atoms with Crippen LogP contribution in [-0.2, 0) is 11.8 Å². The van der Waals surface area contributed by atoms with Gasteiger partial charge in [0.25, 0.3) is 5.91 Å². The zero-order valence-corrected chi connectivity index (χ0v) is 10.9. The highest BCUT2D eigenvalue weighted by molar-refractivity contribution is 5.92. The van der Waals surface area contributed by atoms with Crippen LogP contribution >= 0.6 is 0 Å². The molecule has 0 aromatic carbocycles. The van der Waals surface area contributed by atoms with Crippen molar-refractivity contribution in [3.63, 3.8) is 0 Å². The first-order chi connectivity index (χ1) is 8.66. The maximum absolute atomic E-state index is 11.9. The van der Waals surface area contributed by atoms with Crippen LogP contribution in [0.4, 0.5) is 0 Å². The van der Waals surface area contributed by atoms with E-state index in [1.165, 1.54) is 0 Å². The summed E-state index contributed by atoms with van der Waals surface area (Å²) in [6.45, 7) is 4.00. The highest BCUT2D eigenvalue weighted by atomic mass is 16.5. The fraction of sp³-hybridized carbons (Fsp3) is 0.667. The molecule has 1 fully saturated rings. The number of likely N-dealkylation sites (N-methyl/N-ethyl adjacent to an activating group) is 1. The molecular formula is C12H20N4O2. The van der Waals surface area contributed by atoms with E-state index in [2.05, 4.69) is 22.2 Å². The SMILES string of the molecule is CN1CCOCC(CNC(=O)c2cncn2C)C1. The summed E-state index contributed by atoms with van der Waals surface area (Å²) in [4.78, 5) is 18.1. The first kappa shape index (κ1) is 13.0. The Hall–Kier alpha value is -1.40. The molecule has 2 heterocycles. The third-order valence-corrected chi connectivity index (χ3v) is 3.14. The van der Waals surface area contributed by atoms with Crippen LogP contribution in [0.1, 0.15) is 10.5 Å². The third kappa shape index (κ3) is 3.30. The molecule has 1 atom stereocenters. The van der Waals surface area contributed by atoms with E-state index >= 15 is 0 Å². The number of aromatic nitrogens is 2. The van der Waals surface area contributed by atoms with E-state index in [0.29, 0.717) is 24.8 Å². The van der Waals surface area contributed by atoms with E-state index < -0.39 is 0 Å². The normalized spacial score (nSPS) is 21.6. The van der Waals surface area contributed by atoms with Crippen molar-refractivity contribution in [2.45, 2.75) is 0 Å². The molecule has 1 aliphatic rings. The highest BCUT2D eigenvalue weighted by Crippen LogP contribution is 2.05. The van der Waals surface area contributed by atoms with Gasteiger partial charge >= 0.3 is 0 Å². The molecule has 1 aromatic rings. The fourth-order valence-electron chi connectivity index (χ4n) is 2.08. The van der Waals surface area contributed by atoms with Gasteiger partial charge < -0.3 is 19.5 Å². The van der Waals surface area contributed by atoms with E-state index in [-0.39, 0.29) is 5.91 Å². The number of nitrogens with zero attached hydrogens (tertiary/aromatic N) is 3. The van der Waals surface area contributed by atoms with Crippen LogP contribution in [0.25, 0.3) is 0 Å². The Morgan fingerprint density at radius 3 is 3.17 bits per heavy atom. The van der Waals surface area contributed by atoms with Crippen LogP contribution in [0.5, 0.6) is 0 Å². The molecule has 0 saturated carbocycles. The van der Waals surface area contributed by atoms with Gasteiger partial charge in [-0.1, -0.05) is 0 Å². The van der Waals surface area contributed by atoms with Gasteiger partial charge in [0.2, 0.25) is 0 Å². The molecule has 0 aliphatic carbocycles. The number of hydrogen-bond acceptors (Lipinski definition) is 4. The Labute approximate surface area is 107 Å². The zero-order chi connectivity index (χ0) is 13.0. The summed E-state index contributed by atoms with van der Waals surface area (Å²) >= 11 is 0. The molecule has 6 heteroatoms. The average Bonchev–Trinajstić information content (AvgIpc) is 2.65. The number of hydrogen-bond donors (Lipinski definition) is 1. The van der Waals surface area contributed by atoms with E-state index in [0.717, 1.165) is 19.7 Å². The van der Waals surface area contributed by atoms with Crippen molar-refractivity contribution in [1.29, 1.82) is 0 Å². The summed E-state index contributed by atoms with van der Waals surface area (Å²) in [6.07, 6.45) is 3.20. The Morgan fingerprint density at radius 1 is 1.61 bits per heavy atom. The van der Waals surface area contributed by atoms with Crippen LogP contribution in [0.15, 0.2) is 12.5 Å². The molecule has 0 spiro atoms. The second-order valence-electron chi connectivity index (χ2n) is 4.80. The summed E-state index contributed by atoms with van der Waals surface area (Å²) in [5.74, 6) is 0.261. The number of carbonyl (C=O) groups excluding carboxylic acids is 1. The summed E-state index contributed by atoms with van der Waals surface area (Å²) in [5, 5.41) is 2.94. The minimum atomic E-state index is -0.0816. The van der Waals surface area contributed by atoms with Gasteiger partial charge in [0, 0.05) is 32.6 Å². The van der Waals surface area contributed by atoms with E-state index in [1.54, 1.807) is 17.1 Å². The van der Waals surface area contributed by atoms with Crippen molar-refractivity contribution in [2.24, 2.45) is 13.0 Å². The highest BCUT2D eigenvalue weighted by Gasteiger charge is 2.18. The van der Waals surface area contributed by atoms with Gasteiger partial charge in [-0.15, -0.1) is 0 Å². The smallest absolute Gasteiger partial charge is 0.269 e. The van der Waals surface area contributed by atoms with E-state index in [4.69, 9.17) is 4.74 Å². The van der Waals surface area contributed by atoms with Crippen molar-refractivity contribution in [2.75, 3.05) is 39.9 Å². The Balaban J connectivity index is 1.84. The lowest BCUT2D eigenvalue weighted by Crippen LogP contribution is -2.36. The zero-order valence-electron chi connectivity index (χ0n) is 10.9. The third-order valence-electron chi connectivity index (χ3n) is 3.14. The van der Waals surface area contributed by atoms with Gasteiger partial charge in [0.05, 0.1) is 25.7 Å². The molecule has 100 valence electrons. The fourth-order valence-corrected chi connectivity index (χ4v) is 2.08. The number of ether oxygens (including phenoxy) is 1. The van der Waals surface area contributed by atoms with Gasteiger partial charge in [-0.2, -0.15) is 0 Å². The lowest BCUT2D eigenvalue weighted by molar-refractivity contribution is 0.0913. The van der Waals surface area contributed by atoms with Crippen molar-refractivity contribution in [3.8, 4) is 0 Å². The van der Waals surface area contributed by atoms with Gasteiger partial charge in [0.1, 0.15) is 5.69 Å². The lowest BCUT2D eigenvalue weighted by Gasteiger charge is -2.19. The van der Waals surface area contributed by atoms with E-state index in [9.17, 15) is 4.79 Å². The Bertz CT molecular complexity index is 405. The summed E-state index contributed by atoms with van der Waals surface area (Å²) in [6, 6.07) is 0. The molecule has 1 N–H and O–H groups in total. The van der Waals surface area contributed by atoms with Crippen molar-refractivity contribution < 1.29 is 9.53 Å². The van der Waals surface area contributed by atoms with Crippen LogP contribution in [0.3, 0.4) is 0 Å². The topological polar surface area (TPSA) is 59.4 Å². The number of carbonyl (C=O) groups is 1. The number of amides is 1. The number of imidazole rings is 1. The molecule has 1 aliphatic heterocycles. The van der Waals surface area contributed by atoms with Crippen molar-refractivity contribution >= 4 is 5.91 Å². The van der Waals surface area contributed by atoms with Crippen LogP contribution in [-0.4, -0.2) is 60.3 Å². The van der Waals surface area contributed by atoms with Gasteiger partial charge in [-0.3, -0.25) is 4.79 Å². The van der Waals surface area contributed by atoms with E-state index in [1.807, 2.05) is 7.05 Å². The molecule has 2 rings (SSSR count). The maximum atomic E-state index is 11.9.